The van der Waals surface area contributed by atoms with Crippen molar-refractivity contribution in [3.05, 3.63) is 57.6 Å². The number of nitro groups is 1. The van der Waals surface area contributed by atoms with Gasteiger partial charge in [-0.3, -0.25) is 14.9 Å². The number of carbonyl (C=O) groups excluding carboxylic acids is 1. The molecular weight excluding hydrogens is 370 g/mol. The summed E-state index contributed by atoms with van der Waals surface area (Å²) in [4.78, 5) is 22.2. The highest BCUT2D eigenvalue weighted by molar-refractivity contribution is 7.90. The maximum absolute atomic E-state index is 12.0. The van der Waals surface area contributed by atoms with E-state index in [4.69, 9.17) is 11.6 Å². The first kappa shape index (κ1) is 18.7. The average Bonchev–Trinajstić information content (AvgIpc) is 2.53. The molecule has 0 radical (unpaired) electrons. The molecule has 0 aliphatic heterocycles. The standard InChI is InChI=1S/C15H14ClN3O5S/c1-25(23,24)14-5-3-2-4-12(14)18-15(20)9-17-10-6-7-11(16)13(8-10)19(21)22/h2-8,17H,9H2,1H3,(H,18,20). The second-order valence-corrected chi connectivity index (χ2v) is 7.48. The number of carbonyl (C=O) groups is 1. The van der Waals surface area contributed by atoms with E-state index in [0.717, 1.165) is 6.26 Å². The van der Waals surface area contributed by atoms with Gasteiger partial charge < -0.3 is 10.6 Å². The summed E-state index contributed by atoms with van der Waals surface area (Å²) in [5.74, 6) is -0.506. The van der Waals surface area contributed by atoms with Crippen LogP contribution in [0.15, 0.2) is 47.4 Å². The summed E-state index contributed by atoms with van der Waals surface area (Å²) in [7, 11) is -3.49. The Hall–Kier alpha value is -2.65. The van der Waals surface area contributed by atoms with Crippen LogP contribution >= 0.6 is 11.6 Å². The van der Waals surface area contributed by atoms with Crippen LogP contribution in [0.25, 0.3) is 0 Å². The van der Waals surface area contributed by atoms with Crippen LogP contribution in [0.1, 0.15) is 0 Å². The number of nitro benzene ring substituents is 1. The largest absolute Gasteiger partial charge is 0.376 e. The highest BCUT2D eigenvalue weighted by Crippen LogP contribution is 2.27. The van der Waals surface area contributed by atoms with Crippen molar-refractivity contribution < 1.29 is 18.1 Å². The quantitative estimate of drug-likeness (QED) is 0.584. The van der Waals surface area contributed by atoms with E-state index in [9.17, 15) is 23.3 Å². The number of amides is 1. The van der Waals surface area contributed by atoms with E-state index in [-0.39, 0.29) is 27.8 Å². The third kappa shape index (κ3) is 4.91. The number of hydrogen-bond donors (Lipinski definition) is 2. The van der Waals surface area contributed by atoms with Crippen LogP contribution in [-0.4, -0.2) is 32.0 Å². The highest BCUT2D eigenvalue weighted by atomic mass is 35.5. The van der Waals surface area contributed by atoms with Crippen LogP contribution in [-0.2, 0) is 14.6 Å². The lowest BCUT2D eigenvalue weighted by Crippen LogP contribution is -2.22. The molecule has 0 bridgehead atoms. The van der Waals surface area contributed by atoms with Gasteiger partial charge in [0.1, 0.15) is 5.02 Å². The maximum atomic E-state index is 12.0. The van der Waals surface area contributed by atoms with E-state index in [1.54, 1.807) is 12.1 Å². The van der Waals surface area contributed by atoms with Crippen LogP contribution in [0.4, 0.5) is 17.1 Å². The Kier molecular flexibility index (Phi) is 5.60. The molecule has 0 aliphatic carbocycles. The molecule has 2 aromatic rings. The molecule has 25 heavy (non-hydrogen) atoms. The lowest BCUT2D eigenvalue weighted by Gasteiger charge is -2.11. The number of hydrogen-bond acceptors (Lipinski definition) is 6. The van der Waals surface area contributed by atoms with E-state index < -0.39 is 20.7 Å². The molecule has 2 N–H and O–H groups in total. The fourth-order valence-electron chi connectivity index (χ4n) is 2.03. The number of sulfone groups is 1. The molecule has 0 spiro atoms. The monoisotopic (exact) mass is 383 g/mol. The van der Waals surface area contributed by atoms with E-state index >= 15 is 0 Å². The zero-order valence-corrected chi connectivity index (χ0v) is 14.6. The molecule has 8 nitrogen and oxygen atoms in total. The van der Waals surface area contributed by atoms with Gasteiger partial charge in [-0.1, -0.05) is 23.7 Å². The van der Waals surface area contributed by atoms with Crippen molar-refractivity contribution >= 4 is 44.4 Å². The van der Waals surface area contributed by atoms with E-state index in [1.165, 1.54) is 30.3 Å². The minimum Gasteiger partial charge on any atom is -0.376 e. The Morgan fingerprint density at radius 2 is 1.92 bits per heavy atom. The predicted octanol–water partition coefficient (Wildman–Crippen LogP) is 2.70. The molecule has 1 amide bonds. The van der Waals surface area contributed by atoms with E-state index in [2.05, 4.69) is 10.6 Å². The van der Waals surface area contributed by atoms with Crippen molar-refractivity contribution in [2.75, 3.05) is 23.4 Å². The third-order valence-corrected chi connectivity index (χ3v) is 4.63. The summed E-state index contributed by atoms with van der Waals surface area (Å²) in [6.07, 6.45) is 1.04. The van der Waals surface area contributed by atoms with Crippen molar-refractivity contribution in [2.24, 2.45) is 0 Å². The zero-order chi connectivity index (χ0) is 18.6. The minimum atomic E-state index is -3.49. The summed E-state index contributed by atoms with van der Waals surface area (Å²) < 4.78 is 23.4. The summed E-state index contributed by atoms with van der Waals surface area (Å²) in [5.41, 5.74) is 0.219. The number of nitrogens with zero attached hydrogens (tertiary/aromatic N) is 1. The highest BCUT2D eigenvalue weighted by Gasteiger charge is 2.15. The van der Waals surface area contributed by atoms with Gasteiger partial charge in [0.25, 0.3) is 5.69 Å². The molecular formula is C15H14ClN3O5S. The van der Waals surface area contributed by atoms with Gasteiger partial charge in [0.2, 0.25) is 5.91 Å². The van der Waals surface area contributed by atoms with E-state index in [1.807, 2.05) is 0 Å². The Balaban J connectivity index is 2.08. The molecule has 132 valence electrons. The van der Waals surface area contributed by atoms with E-state index in [0.29, 0.717) is 5.69 Å². The van der Waals surface area contributed by atoms with Gasteiger partial charge in [-0.2, -0.15) is 0 Å². The first-order valence-corrected chi connectivity index (χ1v) is 9.22. The Labute approximate surface area is 148 Å². The number of benzene rings is 2. The zero-order valence-electron chi connectivity index (χ0n) is 13.0. The molecule has 0 saturated heterocycles. The smallest absolute Gasteiger partial charge is 0.289 e. The van der Waals surface area contributed by atoms with Gasteiger partial charge in [0.05, 0.1) is 22.1 Å². The SMILES string of the molecule is CS(=O)(=O)c1ccccc1NC(=O)CNc1ccc(Cl)c([N+](=O)[O-])c1. The molecule has 10 heteroatoms. The molecule has 0 aliphatic rings. The summed E-state index contributed by atoms with van der Waals surface area (Å²) in [5, 5.41) is 16.0. The van der Waals surface area contributed by atoms with Gasteiger partial charge >= 0.3 is 0 Å². The first-order chi connectivity index (χ1) is 11.7. The second-order valence-electron chi connectivity index (χ2n) is 5.09. The fraction of sp³-hybridized carbons (Fsp3) is 0.133. The molecule has 0 saturated carbocycles. The molecule has 0 unspecified atom stereocenters. The number of halogens is 1. The van der Waals surface area contributed by atoms with Crippen molar-refractivity contribution in [3.63, 3.8) is 0 Å². The number of rotatable bonds is 6. The van der Waals surface area contributed by atoms with Crippen LogP contribution in [0.3, 0.4) is 0 Å². The first-order valence-electron chi connectivity index (χ1n) is 6.95. The summed E-state index contributed by atoms with van der Waals surface area (Å²) >= 11 is 5.72. The van der Waals surface area contributed by atoms with Gasteiger partial charge in [-0.15, -0.1) is 0 Å². The Bertz CT molecular complexity index is 931. The number of anilines is 2. The van der Waals surface area contributed by atoms with Crippen LogP contribution in [0, 0.1) is 10.1 Å². The lowest BCUT2D eigenvalue weighted by atomic mass is 10.2. The minimum absolute atomic E-state index is 0.00507. The molecule has 0 aromatic heterocycles. The lowest BCUT2D eigenvalue weighted by molar-refractivity contribution is -0.384. The summed E-state index contributed by atoms with van der Waals surface area (Å²) in [6.45, 7) is -0.211. The van der Waals surface area contributed by atoms with Crippen molar-refractivity contribution in [2.45, 2.75) is 4.90 Å². The Morgan fingerprint density at radius 3 is 2.56 bits per heavy atom. The number of nitrogens with one attached hydrogen (secondary N) is 2. The fourth-order valence-corrected chi connectivity index (χ4v) is 3.06. The van der Waals surface area contributed by atoms with Gasteiger partial charge in [-0.05, 0) is 24.3 Å². The van der Waals surface area contributed by atoms with Crippen LogP contribution in [0.2, 0.25) is 5.02 Å². The molecule has 2 rings (SSSR count). The molecule has 2 aromatic carbocycles. The van der Waals surface area contributed by atoms with Crippen molar-refractivity contribution in [1.29, 1.82) is 0 Å². The number of para-hydroxylation sites is 1. The Morgan fingerprint density at radius 1 is 1.24 bits per heavy atom. The second kappa shape index (κ2) is 7.49. The van der Waals surface area contributed by atoms with Crippen molar-refractivity contribution in [1.82, 2.24) is 0 Å². The summed E-state index contributed by atoms with van der Waals surface area (Å²) in [6, 6.07) is 10.1. The van der Waals surface area contributed by atoms with Crippen LogP contribution < -0.4 is 10.6 Å². The predicted molar refractivity (Wildman–Crippen MR) is 94.8 cm³/mol. The average molecular weight is 384 g/mol. The van der Waals surface area contributed by atoms with Crippen molar-refractivity contribution in [3.8, 4) is 0 Å². The van der Waals surface area contributed by atoms with Gasteiger partial charge in [-0.25, -0.2) is 8.42 Å². The topological polar surface area (TPSA) is 118 Å². The van der Waals surface area contributed by atoms with Gasteiger partial charge in [0.15, 0.2) is 9.84 Å². The van der Waals surface area contributed by atoms with Gasteiger partial charge in [0, 0.05) is 18.0 Å². The molecule has 0 fully saturated rings. The maximum Gasteiger partial charge on any atom is 0.289 e. The van der Waals surface area contributed by atoms with Crippen LogP contribution in [0.5, 0.6) is 0 Å². The normalized spacial score (nSPS) is 11.0. The third-order valence-electron chi connectivity index (χ3n) is 3.16. The molecule has 0 atom stereocenters. The molecule has 0 heterocycles.